The molecule has 3 heterocycles. The number of benzene rings is 1. The Bertz CT molecular complexity index is 853. The maximum atomic E-state index is 13.0. The predicted octanol–water partition coefficient (Wildman–Crippen LogP) is 2.61. The van der Waals surface area contributed by atoms with E-state index in [4.69, 9.17) is 9.47 Å². The molecule has 2 aromatic rings. The number of piperidine rings is 1. The number of hydrogen-bond acceptors (Lipinski definition) is 5. The fourth-order valence-electron chi connectivity index (χ4n) is 4.63. The number of aliphatic hydroxyl groups is 1. The molecule has 3 aliphatic rings. The van der Waals surface area contributed by atoms with E-state index < -0.39 is 0 Å². The van der Waals surface area contributed by atoms with Crippen LogP contribution in [-0.4, -0.2) is 48.3 Å². The van der Waals surface area contributed by atoms with Gasteiger partial charge in [0.2, 0.25) is 0 Å². The first-order chi connectivity index (χ1) is 12.7. The molecule has 26 heavy (non-hydrogen) atoms. The third-order valence-electron chi connectivity index (χ3n) is 6.04. The van der Waals surface area contributed by atoms with Gasteiger partial charge in [-0.1, -0.05) is 24.3 Å². The van der Waals surface area contributed by atoms with Crippen LogP contribution < -0.4 is 9.47 Å². The number of nitrogens with zero attached hydrogens (tertiary/aromatic N) is 1. The van der Waals surface area contributed by atoms with Crippen molar-refractivity contribution in [2.24, 2.45) is 0 Å². The van der Waals surface area contributed by atoms with Crippen LogP contribution in [0.1, 0.15) is 33.6 Å². The fourth-order valence-corrected chi connectivity index (χ4v) is 5.53. The number of ether oxygens (including phenoxy) is 2. The van der Waals surface area contributed by atoms with Gasteiger partial charge in [0.1, 0.15) is 18.1 Å². The fraction of sp³-hybridized carbons (Fsp3) is 0.450. The second-order valence-corrected chi connectivity index (χ2v) is 8.16. The normalized spacial score (nSPS) is 23.1. The molecule has 1 unspecified atom stereocenters. The zero-order valence-electron chi connectivity index (χ0n) is 14.4. The molecule has 5 nitrogen and oxygen atoms in total. The molecule has 5 rings (SSSR count). The molecule has 1 atom stereocenters. The van der Waals surface area contributed by atoms with Gasteiger partial charge in [0.15, 0.2) is 11.5 Å². The second-order valence-electron chi connectivity index (χ2n) is 7.28. The summed E-state index contributed by atoms with van der Waals surface area (Å²) >= 11 is 1.39. The quantitative estimate of drug-likeness (QED) is 0.837. The molecule has 6 heteroatoms. The van der Waals surface area contributed by atoms with E-state index >= 15 is 0 Å². The van der Waals surface area contributed by atoms with Crippen LogP contribution in [0.15, 0.2) is 29.6 Å². The van der Waals surface area contributed by atoms with Gasteiger partial charge in [-0.25, -0.2) is 0 Å². The maximum absolute atomic E-state index is 13.0. The highest BCUT2D eigenvalue weighted by Crippen LogP contribution is 2.47. The molecule has 0 radical (unpaired) electrons. The Kier molecular flexibility index (Phi) is 3.72. The van der Waals surface area contributed by atoms with Crippen molar-refractivity contribution in [1.29, 1.82) is 0 Å². The van der Waals surface area contributed by atoms with Gasteiger partial charge in [0.05, 0.1) is 6.10 Å². The monoisotopic (exact) mass is 371 g/mol. The minimum absolute atomic E-state index is 0.0115. The van der Waals surface area contributed by atoms with Crippen molar-refractivity contribution in [3.8, 4) is 11.5 Å². The number of carbonyl (C=O) groups is 1. The first kappa shape index (κ1) is 16.1. The lowest BCUT2D eigenvalue weighted by Gasteiger charge is -2.42. The van der Waals surface area contributed by atoms with Gasteiger partial charge in [-0.15, -0.1) is 11.3 Å². The van der Waals surface area contributed by atoms with Gasteiger partial charge in [-0.05, 0) is 30.4 Å². The van der Waals surface area contributed by atoms with Gasteiger partial charge in [0.25, 0.3) is 5.91 Å². The molecule has 1 amide bonds. The van der Waals surface area contributed by atoms with Crippen molar-refractivity contribution >= 4 is 17.2 Å². The molecule has 136 valence electrons. The Hall–Kier alpha value is -2.05. The first-order valence-electron chi connectivity index (χ1n) is 9.12. The van der Waals surface area contributed by atoms with Gasteiger partial charge in [-0.3, -0.25) is 4.79 Å². The third kappa shape index (κ3) is 2.28. The number of rotatable bonds is 1. The number of fused-ring (bicyclic) bond motifs is 3. The average Bonchev–Trinajstić information content (AvgIpc) is 3.22. The molecule has 1 aromatic carbocycles. The Balaban J connectivity index is 1.36. The van der Waals surface area contributed by atoms with Crippen LogP contribution in [0.4, 0.5) is 0 Å². The maximum Gasteiger partial charge on any atom is 0.267 e. The summed E-state index contributed by atoms with van der Waals surface area (Å²) < 4.78 is 11.2. The molecule has 0 saturated carbocycles. The molecule has 1 fully saturated rings. The lowest BCUT2D eigenvalue weighted by atomic mass is 9.72. The summed E-state index contributed by atoms with van der Waals surface area (Å²) in [4.78, 5) is 15.5. The van der Waals surface area contributed by atoms with E-state index in [-0.39, 0.29) is 17.4 Å². The molecular formula is C20H21NO4S. The summed E-state index contributed by atoms with van der Waals surface area (Å²) in [7, 11) is 0. The second kappa shape index (κ2) is 5.99. The lowest BCUT2D eigenvalue weighted by molar-refractivity contribution is 0.0364. The summed E-state index contributed by atoms with van der Waals surface area (Å²) in [5.41, 5.74) is 2.31. The van der Waals surface area contributed by atoms with E-state index in [0.717, 1.165) is 12.8 Å². The highest BCUT2D eigenvalue weighted by molar-refractivity contribution is 7.12. The highest BCUT2D eigenvalue weighted by atomic mass is 32.1. The highest BCUT2D eigenvalue weighted by Gasteiger charge is 2.48. The van der Waals surface area contributed by atoms with Crippen molar-refractivity contribution in [3.05, 3.63) is 45.6 Å². The zero-order chi connectivity index (χ0) is 17.7. The molecule has 1 saturated heterocycles. The van der Waals surface area contributed by atoms with Crippen molar-refractivity contribution in [2.75, 3.05) is 26.3 Å². The first-order valence-corrected chi connectivity index (χ1v) is 10.00. The Labute approximate surface area is 156 Å². The van der Waals surface area contributed by atoms with E-state index in [0.29, 0.717) is 49.1 Å². The average molecular weight is 371 g/mol. The minimum atomic E-state index is -0.358. The SMILES string of the molecule is O=C(c1scc2c1OCCO2)N1CCC2(CC1)c1ccccc1CC2O. The van der Waals surface area contributed by atoms with Crippen LogP contribution in [-0.2, 0) is 11.8 Å². The molecule has 1 N–H and O–H groups in total. The molecule has 1 aliphatic carbocycles. The van der Waals surface area contributed by atoms with Crippen molar-refractivity contribution in [3.63, 3.8) is 0 Å². The number of hydrogen-bond donors (Lipinski definition) is 1. The standard InChI is InChI=1S/C20H21NO4S/c22-16-11-13-3-1-2-4-14(13)20(16)5-7-21(8-6-20)19(23)18-17-15(12-26-18)24-9-10-25-17/h1-4,12,16,22H,5-11H2. The molecule has 2 aliphatic heterocycles. The van der Waals surface area contributed by atoms with Crippen LogP contribution in [0.25, 0.3) is 0 Å². The van der Waals surface area contributed by atoms with Gasteiger partial charge in [0, 0.05) is 23.9 Å². The number of aliphatic hydroxyl groups excluding tert-OH is 1. The summed E-state index contributed by atoms with van der Waals surface area (Å²) in [5, 5.41) is 12.6. The smallest absolute Gasteiger partial charge is 0.267 e. The van der Waals surface area contributed by atoms with Crippen LogP contribution in [0.3, 0.4) is 0 Å². The largest absolute Gasteiger partial charge is 0.485 e. The van der Waals surface area contributed by atoms with E-state index in [9.17, 15) is 9.90 Å². The van der Waals surface area contributed by atoms with Gasteiger partial charge in [-0.2, -0.15) is 0 Å². The summed E-state index contributed by atoms with van der Waals surface area (Å²) in [6, 6.07) is 8.33. The Morgan fingerprint density at radius 1 is 1.19 bits per heavy atom. The number of amides is 1. The van der Waals surface area contributed by atoms with E-state index in [1.807, 2.05) is 22.4 Å². The number of thiophene rings is 1. The van der Waals surface area contributed by atoms with Crippen LogP contribution in [0.2, 0.25) is 0 Å². The van der Waals surface area contributed by atoms with Crippen molar-refractivity contribution in [1.82, 2.24) is 4.90 Å². The molecular weight excluding hydrogens is 350 g/mol. The zero-order valence-corrected chi connectivity index (χ0v) is 15.3. The molecule has 0 bridgehead atoms. The summed E-state index contributed by atoms with van der Waals surface area (Å²) in [6.45, 7) is 2.31. The topological polar surface area (TPSA) is 59.0 Å². The minimum Gasteiger partial charge on any atom is -0.485 e. The van der Waals surface area contributed by atoms with E-state index in [1.165, 1.54) is 22.5 Å². The van der Waals surface area contributed by atoms with Crippen LogP contribution in [0.5, 0.6) is 11.5 Å². The van der Waals surface area contributed by atoms with Gasteiger partial charge >= 0.3 is 0 Å². The number of likely N-dealkylation sites (tertiary alicyclic amines) is 1. The van der Waals surface area contributed by atoms with Crippen LogP contribution >= 0.6 is 11.3 Å². The van der Waals surface area contributed by atoms with E-state index in [1.54, 1.807) is 0 Å². The molecule has 1 aromatic heterocycles. The number of carbonyl (C=O) groups excluding carboxylic acids is 1. The Morgan fingerprint density at radius 2 is 1.96 bits per heavy atom. The van der Waals surface area contributed by atoms with E-state index in [2.05, 4.69) is 12.1 Å². The predicted molar refractivity (Wildman–Crippen MR) is 98.3 cm³/mol. The Morgan fingerprint density at radius 3 is 2.81 bits per heavy atom. The van der Waals surface area contributed by atoms with Crippen molar-refractivity contribution < 1.29 is 19.4 Å². The summed E-state index contributed by atoms with van der Waals surface area (Å²) in [5.74, 6) is 1.29. The lowest BCUT2D eigenvalue weighted by Crippen LogP contribution is -2.49. The third-order valence-corrected chi connectivity index (χ3v) is 6.97. The van der Waals surface area contributed by atoms with Crippen molar-refractivity contribution in [2.45, 2.75) is 30.8 Å². The molecule has 1 spiro atoms. The van der Waals surface area contributed by atoms with Gasteiger partial charge < -0.3 is 19.5 Å². The van der Waals surface area contributed by atoms with Crippen LogP contribution in [0, 0.1) is 0 Å². The summed E-state index contributed by atoms with van der Waals surface area (Å²) in [6.07, 6.45) is 1.95.